The van der Waals surface area contributed by atoms with Crippen LogP contribution >= 0.6 is 0 Å². The molecule has 0 radical (unpaired) electrons. The lowest BCUT2D eigenvalue weighted by molar-refractivity contribution is -0.149. The van der Waals surface area contributed by atoms with Crippen LogP contribution in [-0.2, 0) is 23.9 Å². The Balaban J connectivity index is 2.48. The number of hydrogen-bond acceptors (Lipinski definition) is 5. The van der Waals surface area contributed by atoms with E-state index in [9.17, 15) is 14.4 Å². The second kappa shape index (κ2) is 7.84. The molecule has 114 valence electrons. The lowest BCUT2D eigenvalue weighted by Gasteiger charge is -2.20. The average molecular weight is 286 g/mol. The van der Waals surface area contributed by atoms with Crippen LogP contribution in [0, 0.1) is 5.92 Å². The lowest BCUT2D eigenvalue weighted by Crippen LogP contribution is -2.38. The fourth-order valence-corrected chi connectivity index (χ4v) is 2.15. The lowest BCUT2D eigenvalue weighted by atomic mass is 10.1. The Bertz CT molecular complexity index is 372. The zero-order valence-electron chi connectivity index (χ0n) is 12.3. The quantitative estimate of drug-likeness (QED) is 0.590. The molecule has 0 bridgehead atoms. The van der Waals surface area contributed by atoms with Crippen molar-refractivity contribution in [3.05, 3.63) is 0 Å². The van der Waals surface area contributed by atoms with E-state index in [1.807, 2.05) is 0 Å². The van der Waals surface area contributed by atoms with Crippen LogP contribution in [0.15, 0.2) is 0 Å². The SMILES string of the molecule is CCOC(=O)CN(C)C(=O)C1CC(=O)N(CCOC)C1. The van der Waals surface area contributed by atoms with Crippen molar-refractivity contribution >= 4 is 17.8 Å². The molecule has 20 heavy (non-hydrogen) atoms. The number of nitrogens with zero attached hydrogens (tertiary/aromatic N) is 2. The Kier molecular flexibility index (Phi) is 6.44. The summed E-state index contributed by atoms with van der Waals surface area (Å²) in [6.07, 6.45) is 0.190. The van der Waals surface area contributed by atoms with Gasteiger partial charge in [-0.05, 0) is 6.92 Å². The van der Waals surface area contributed by atoms with Gasteiger partial charge in [-0.15, -0.1) is 0 Å². The molecule has 0 aromatic rings. The van der Waals surface area contributed by atoms with Crippen LogP contribution < -0.4 is 0 Å². The van der Waals surface area contributed by atoms with Crippen LogP contribution in [0.2, 0.25) is 0 Å². The van der Waals surface area contributed by atoms with Gasteiger partial charge in [-0.2, -0.15) is 0 Å². The minimum absolute atomic E-state index is 0.0510. The van der Waals surface area contributed by atoms with Crippen molar-refractivity contribution in [3.63, 3.8) is 0 Å². The molecule has 7 heteroatoms. The standard InChI is InChI=1S/C13H22N2O5/c1-4-20-12(17)9-14(2)13(18)10-7-11(16)15(8-10)5-6-19-3/h10H,4-9H2,1-3H3. The van der Waals surface area contributed by atoms with Crippen LogP contribution in [-0.4, -0.2) is 74.6 Å². The largest absolute Gasteiger partial charge is 0.465 e. The van der Waals surface area contributed by atoms with E-state index in [1.54, 1.807) is 26.0 Å². The number of hydrogen-bond donors (Lipinski definition) is 0. The summed E-state index contributed by atoms with van der Waals surface area (Å²) in [5.74, 6) is -1.08. The number of esters is 1. The van der Waals surface area contributed by atoms with E-state index in [1.165, 1.54) is 4.90 Å². The predicted molar refractivity (Wildman–Crippen MR) is 70.8 cm³/mol. The molecular formula is C13H22N2O5. The third-order valence-corrected chi connectivity index (χ3v) is 3.18. The second-order valence-electron chi connectivity index (χ2n) is 4.73. The molecule has 0 saturated carbocycles. The number of methoxy groups -OCH3 is 1. The summed E-state index contributed by atoms with van der Waals surface area (Å²) in [5.41, 5.74) is 0. The first-order valence-electron chi connectivity index (χ1n) is 6.66. The summed E-state index contributed by atoms with van der Waals surface area (Å²) in [4.78, 5) is 38.2. The first-order valence-corrected chi connectivity index (χ1v) is 6.66. The van der Waals surface area contributed by atoms with E-state index < -0.39 is 11.9 Å². The van der Waals surface area contributed by atoms with Crippen molar-refractivity contribution in [3.8, 4) is 0 Å². The molecule has 7 nitrogen and oxygen atoms in total. The van der Waals surface area contributed by atoms with Crippen LogP contribution in [0.25, 0.3) is 0 Å². The van der Waals surface area contributed by atoms with Gasteiger partial charge in [0.2, 0.25) is 11.8 Å². The van der Waals surface area contributed by atoms with Gasteiger partial charge in [0.15, 0.2) is 0 Å². The van der Waals surface area contributed by atoms with Gasteiger partial charge in [-0.3, -0.25) is 14.4 Å². The van der Waals surface area contributed by atoms with Crippen LogP contribution in [0.3, 0.4) is 0 Å². The first-order chi connectivity index (χ1) is 9.49. The monoisotopic (exact) mass is 286 g/mol. The minimum Gasteiger partial charge on any atom is -0.465 e. The molecule has 1 unspecified atom stereocenters. The normalized spacial score (nSPS) is 18.2. The van der Waals surface area contributed by atoms with Gasteiger partial charge in [0.1, 0.15) is 6.54 Å². The molecule has 1 rings (SSSR count). The number of ether oxygens (including phenoxy) is 2. The number of carbonyl (C=O) groups is 3. The van der Waals surface area contributed by atoms with Gasteiger partial charge in [0.25, 0.3) is 0 Å². The molecule has 0 aromatic carbocycles. The topological polar surface area (TPSA) is 76.2 Å². The van der Waals surface area contributed by atoms with E-state index in [0.717, 1.165) is 0 Å². The number of amides is 2. The highest BCUT2D eigenvalue weighted by molar-refractivity contribution is 5.90. The Morgan fingerprint density at radius 2 is 2.15 bits per heavy atom. The maximum Gasteiger partial charge on any atom is 0.325 e. The van der Waals surface area contributed by atoms with E-state index in [0.29, 0.717) is 19.7 Å². The molecule has 1 atom stereocenters. The smallest absolute Gasteiger partial charge is 0.325 e. The van der Waals surface area contributed by atoms with Crippen molar-refractivity contribution in [1.82, 2.24) is 9.80 Å². The molecule has 0 aliphatic carbocycles. The maximum absolute atomic E-state index is 12.2. The molecule has 0 N–H and O–H groups in total. The van der Waals surface area contributed by atoms with E-state index >= 15 is 0 Å². The van der Waals surface area contributed by atoms with Crippen molar-refractivity contribution in [1.29, 1.82) is 0 Å². The van der Waals surface area contributed by atoms with Crippen LogP contribution in [0.4, 0.5) is 0 Å². The van der Waals surface area contributed by atoms with Crippen LogP contribution in [0.1, 0.15) is 13.3 Å². The molecule has 0 spiro atoms. The summed E-state index contributed by atoms with van der Waals surface area (Å²) >= 11 is 0. The number of carbonyl (C=O) groups excluding carboxylic acids is 3. The zero-order chi connectivity index (χ0) is 15.1. The minimum atomic E-state index is -0.441. The first kappa shape index (κ1) is 16.4. The van der Waals surface area contributed by atoms with E-state index in [4.69, 9.17) is 9.47 Å². The third kappa shape index (κ3) is 4.48. The summed E-state index contributed by atoms with van der Waals surface area (Å²) in [5, 5.41) is 0. The highest BCUT2D eigenvalue weighted by Crippen LogP contribution is 2.19. The fourth-order valence-electron chi connectivity index (χ4n) is 2.15. The zero-order valence-corrected chi connectivity index (χ0v) is 12.3. The van der Waals surface area contributed by atoms with Crippen LogP contribution in [0.5, 0.6) is 0 Å². The molecule has 1 fully saturated rings. The van der Waals surface area contributed by atoms with Gasteiger partial charge in [0.05, 0.1) is 19.1 Å². The molecule has 1 aliphatic rings. The average Bonchev–Trinajstić information content (AvgIpc) is 2.77. The van der Waals surface area contributed by atoms with E-state index in [2.05, 4.69) is 0 Å². The number of rotatable bonds is 7. The highest BCUT2D eigenvalue weighted by atomic mass is 16.5. The second-order valence-corrected chi connectivity index (χ2v) is 4.73. The number of likely N-dealkylation sites (N-methyl/N-ethyl adjacent to an activating group) is 1. The van der Waals surface area contributed by atoms with Crippen molar-refractivity contribution < 1.29 is 23.9 Å². The Morgan fingerprint density at radius 1 is 1.45 bits per heavy atom. The Morgan fingerprint density at radius 3 is 2.75 bits per heavy atom. The van der Waals surface area contributed by atoms with Gasteiger partial charge in [0, 0.05) is 33.7 Å². The summed E-state index contributed by atoms with van der Waals surface area (Å²) in [7, 11) is 3.11. The van der Waals surface area contributed by atoms with Gasteiger partial charge < -0.3 is 19.3 Å². The molecular weight excluding hydrogens is 264 g/mol. The summed E-state index contributed by atoms with van der Waals surface area (Å²) in [6, 6.07) is 0. The van der Waals surface area contributed by atoms with Gasteiger partial charge in [-0.1, -0.05) is 0 Å². The fraction of sp³-hybridized carbons (Fsp3) is 0.769. The number of likely N-dealkylation sites (tertiary alicyclic amines) is 1. The maximum atomic E-state index is 12.2. The van der Waals surface area contributed by atoms with Crippen molar-refractivity contribution in [2.24, 2.45) is 5.92 Å². The highest BCUT2D eigenvalue weighted by Gasteiger charge is 2.35. The summed E-state index contributed by atoms with van der Waals surface area (Å²) in [6.45, 7) is 3.23. The molecule has 1 saturated heterocycles. The van der Waals surface area contributed by atoms with Gasteiger partial charge in [-0.25, -0.2) is 0 Å². The van der Waals surface area contributed by atoms with Crippen molar-refractivity contribution in [2.45, 2.75) is 13.3 Å². The third-order valence-electron chi connectivity index (χ3n) is 3.18. The molecule has 1 aliphatic heterocycles. The Labute approximate surface area is 118 Å². The Hall–Kier alpha value is -1.63. The predicted octanol–water partition coefficient (Wildman–Crippen LogP) is -0.497. The van der Waals surface area contributed by atoms with Crippen molar-refractivity contribution in [2.75, 3.05) is 47.0 Å². The molecule has 1 heterocycles. The summed E-state index contributed by atoms with van der Waals surface area (Å²) < 4.78 is 9.72. The molecule has 0 aromatic heterocycles. The van der Waals surface area contributed by atoms with E-state index in [-0.39, 0.29) is 31.4 Å². The molecule has 2 amide bonds. The van der Waals surface area contributed by atoms with Gasteiger partial charge >= 0.3 is 5.97 Å².